The summed E-state index contributed by atoms with van der Waals surface area (Å²) in [5.74, 6) is 0.884. The molecule has 0 aromatic carbocycles. The molecular weight excluding hydrogens is 256 g/mol. The van der Waals surface area contributed by atoms with Gasteiger partial charge in [-0.1, -0.05) is 16.8 Å². The summed E-state index contributed by atoms with van der Waals surface area (Å²) in [6.07, 6.45) is 1.64. The summed E-state index contributed by atoms with van der Waals surface area (Å²) in [5.41, 5.74) is 0.519. The van der Waals surface area contributed by atoms with E-state index in [2.05, 4.69) is 20.4 Å². The van der Waals surface area contributed by atoms with Crippen molar-refractivity contribution in [2.45, 2.75) is 6.04 Å². The molecule has 1 aliphatic rings. The highest BCUT2D eigenvalue weighted by Gasteiger charge is 2.22. The maximum atomic E-state index is 6.03. The van der Waals surface area contributed by atoms with Gasteiger partial charge in [0.1, 0.15) is 11.7 Å². The number of morpholine rings is 1. The molecule has 0 radical (unpaired) electrons. The second-order valence-electron chi connectivity index (χ2n) is 3.87. The number of aromatic nitrogens is 3. The van der Waals surface area contributed by atoms with E-state index in [0.29, 0.717) is 35.6 Å². The van der Waals surface area contributed by atoms with Crippen molar-refractivity contribution in [1.29, 1.82) is 0 Å². The summed E-state index contributed by atoms with van der Waals surface area (Å²) in [5, 5.41) is 7.63. The van der Waals surface area contributed by atoms with Crippen molar-refractivity contribution in [3.05, 3.63) is 29.2 Å². The minimum Gasteiger partial charge on any atom is -0.378 e. The van der Waals surface area contributed by atoms with Crippen molar-refractivity contribution in [3.8, 4) is 11.5 Å². The highest BCUT2D eigenvalue weighted by molar-refractivity contribution is 6.32. The Hall–Kier alpha value is -1.50. The molecule has 1 atom stereocenters. The van der Waals surface area contributed by atoms with Crippen LogP contribution in [0.15, 0.2) is 22.9 Å². The van der Waals surface area contributed by atoms with Gasteiger partial charge in [0.25, 0.3) is 0 Å². The summed E-state index contributed by atoms with van der Waals surface area (Å²) in [6, 6.07) is 3.42. The van der Waals surface area contributed by atoms with E-state index >= 15 is 0 Å². The first-order valence-electron chi connectivity index (χ1n) is 5.60. The van der Waals surface area contributed by atoms with Crippen molar-refractivity contribution in [1.82, 2.24) is 20.4 Å². The third-order valence-corrected chi connectivity index (χ3v) is 2.94. The van der Waals surface area contributed by atoms with Crippen LogP contribution >= 0.6 is 11.6 Å². The fraction of sp³-hybridized carbons (Fsp3) is 0.364. The van der Waals surface area contributed by atoms with Crippen LogP contribution in [0.1, 0.15) is 11.9 Å². The number of pyridine rings is 1. The topological polar surface area (TPSA) is 73.1 Å². The normalized spacial score (nSPS) is 19.9. The van der Waals surface area contributed by atoms with E-state index in [9.17, 15) is 0 Å². The standard InChI is InChI=1S/C11H11ClN4O2/c12-7-2-1-3-14-9(7)10-15-11(18-16-10)8-6-17-5-4-13-8/h1-3,8,13H,4-6H2. The summed E-state index contributed by atoms with van der Waals surface area (Å²) < 4.78 is 10.6. The first-order chi connectivity index (χ1) is 8.84. The van der Waals surface area contributed by atoms with Gasteiger partial charge in [-0.05, 0) is 12.1 Å². The Bertz CT molecular complexity index is 539. The molecule has 94 valence electrons. The molecule has 3 rings (SSSR count). The fourth-order valence-electron chi connectivity index (χ4n) is 1.75. The van der Waals surface area contributed by atoms with E-state index in [1.807, 2.05) is 0 Å². The van der Waals surface area contributed by atoms with Crippen molar-refractivity contribution in [2.24, 2.45) is 0 Å². The quantitative estimate of drug-likeness (QED) is 0.887. The van der Waals surface area contributed by atoms with E-state index in [0.717, 1.165) is 6.54 Å². The Labute approximate surface area is 108 Å². The number of hydrogen-bond acceptors (Lipinski definition) is 6. The highest BCUT2D eigenvalue weighted by Crippen LogP contribution is 2.24. The van der Waals surface area contributed by atoms with E-state index in [4.69, 9.17) is 20.9 Å². The molecule has 1 unspecified atom stereocenters. The highest BCUT2D eigenvalue weighted by atomic mass is 35.5. The maximum absolute atomic E-state index is 6.03. The van der Waals surface area contributed by atoms with Gasteiger partial charge < -0.3 is 14.6 Å². The molecule has 0 aliphatic carbocycles. The monoisotopic (exact) mass is 266 g/mol. The minimum absolute atomic E-state index is 0.0671. The van der Waals surface area contributed by atoms with Gasteiger partial charge in [0, 0.05) is 12.7 Å². The lowest BCUT2D eigenvalue weighted by Gasteiger charge is -2.20. The van der Waals surface area contributed by atoms with Crippen LogP contribution in [0.2, 0.25) is 5.02 Å². The molecule has 1 aliphatic heterocycles. The van der Waals surface area contributed by atoms with Crippen LogP contribution in [0.4, 0.5) is 0 Å². The third-order valence-electron chi connectivity index (χ3n) is 2.63. The molecule has 1 fully saturated rings. The lowest BCUT2D eigenvalue weighted by atomic mass is 10.3. The van der Waals surface area contributed by atoms with Gasteiger partial charge in [-0.15, -0.1) is 0 Å². The van der Waals surface area contributed by atoms with E-state index in [1.165, 1.54) is 0 Å². The molecule has 0 bridgehead atoms. The van der Waals surface area contributed by atoms with Crippen LogP contribution < -0.4 is 5.32 Å². The number of ether oxygens (including phenoxy) is 1. The molecule has 7 heteroatoms. The zero-order valence-corrected chi connectivity index (χ0v) is 10.2. The molecule has 6 nitrogen and oxygen atoms in total. The van der Waals surface area contributed by atoms with Crippen molar-refractivity contribution < 1.29 is 9.26 Å². The Morgan fingerprint density at radius 3 is 3.17 bits per heavy atom. The predicted octanol–water partition coefficient (Wildman–Crippen LogP) is 1.45. The Balaban J connectivity index is 1.87. The zero-order valence-electron chi connectivity index (χ0n) is 9.47. The Morgan fingerprint density at radius 1 is 1.44 bits per heavy atom. The van der Waals surface area contributed by atoms with Crippen molar-refractivity contribution in [3.63, 3.8) is 0 Å². The first-order valence-corrected chi connectivity index (χ1v) is 5.98. The molecule has 3 heterocycles. The van der Waals surface area contributed by atoms with Crippen molar-refractivity contribution in [2.75, 3.05) is 19.8 Å². The SMILES string of the molecule is Clc1cccnc1-c1noc(C2COCCN2)n1. The molecular formula is C11H11ClN4O2. The fourth-order valence-corrected chi connectivity index (χ4v) is 1.95. The molecule has 18 heavy (non-hydrogen) atoms. The van der Waals surface area contributed by atoms with Crippen LogP contribution in [0.25, 0.3) is 11.5 Å². The first kappa shape index (κ1) is 11.6. The van der Waals surface area contributed by atoms with E-state index in [1.54, 1.807) is 18.3 Å². The number of nitrogens with one attached hydrogen (secondary N) is 1. The van der Waals surface area contributed by atoms with Gasteiger partial charge in [-0.25, -0.2) is 0 Å². The molecule has 2 aromatic heterocycles. The minimum atomic E-state index is -0.0671. The predicted molar refractivity (Wildman–Crippen MR) is 64.1 cm³/mol. The van der Waals surface area contributed by atoms with Gasteiger partial charge in [0.2, 0.25) is 11.7 Å². The zero-order chi connectivity index (χ0) is 12.4. The second-order valence-corrected chi connectivity index (χ2v) is 4.28. The lowest BCUT2D eigenvalue weighted by molar-refractivity contribution is 0.0659. The van der Waals surface area contributed by atoms with Crippen LogP contribution in [-0.4, -0.2) is 34.9 Å². The van der Waals surface area contributed by atoms with Crippen LogP contribution in [-0.2, 0) is 4.74 Å². The van der Waals surface area contributed by atoms with E-state index in [-0.39, 0.29) is 6.04 Å². The lowest BCUT2D eigenvalue weighted by Crippen LogP contribution is -2.34. The molecule has 0 spiro atoms. The smallest absolute Gasteiger partial charge is 0.246 e. The van der Waals surface area contributed by atoms with Crippen LogP contribution in [0.3, 0.4) is 0 Å². The summed E-state index contributed by atoms with van der Waals surface area (Å²) in [6.45, 7) is 1.99. The average molecular weight is 267 g/mol. The van der Waals surface area contributed by atoms with Crippen molar-refractivity contribution >= 4 is 11.6 Å². The van der Waals surface area contributed by atoms with Gasteiger partial charge >= 0.3 is 0 Å². The van der Waals surface area contributed by atoms with Crippen LogP contribution in [0.5, 0.6) is 0 Å². The molecule has 1 N–H and O–H groups in total. The maximum Gasteiger partial charge on any atom is 0.246 e. The molecule has 0 saturated carbocycles. The largest absolute Gasteiger partial charge is 0.378 e. The number of hydrogen-bond donors (Lipinski definition) is 1. The Morgan fingerprint density at radius 2 is 2.39 bits per heavy atom. The third kappa shape index (κ3) is 2.22. The Kier molecular flexibility index (Phi) is 3.22. The number of rotatable bonds is 2. The van der Waals surface area contributed by atoms with Crippen LogP contribution in [0, 0.1) is 0 Å². The number of halogens is 1. The molecule has 2 aromatic rings. The second kappa shape index (κ2) is 5.01. The molecule has 1 saturated heterocycles. The van der Waals surface area contributed by atoms with E-state index < -0.39 is 0 Å². The van der Waals surface area contributed by atoms with Gasteiger partial charge in [0.15, 0.2) is 0 Å². The molecule has 0 amide bonds. The summed E-state index contributed by atoms with van der Waals surface area (Å²) in [4.78, 5) is 8.44. The average Bonchev–Trinajstić information content (AvgIpc) is 2.90. The van der Waals surface area contributed by atoms with Gasteiger partial charge in [0.05, 0.1) is 18.2 Å². The van der Waals surface area contributed by atoms with Gasteiger partial charge in [-0.2, -0.15) is 4.98 Å². The van der Waals surface area contributed by atoms with Gasteiger partial charge in [-0.3, -0.25) is 4.98 Å². The number of nitrogens with zero attached hydrogens (tertiary/aromatic N) is 3. The summed E-state index contributed by atoms with van der Waals surface area (Å²) >= 11 is 6.03. The summed E-state index contributed by atoms with van der Waals surface area (Å²) in [7, 11) is 0.